The first kappa shape index (κ1) is 23.4. The number of nitrogens with two attached hydrogens (primary N) is 1. The van der Waals surface area contributed by atoms with Gasteiger partial charge in [0.2, 0.25) is 11.8 Å². The Morgan fingerprint density at radius 2 is 1.60 bits per heavy atom. The molecule has 0 saturated carbocycles. The molecule has 0 heterocycles. The maximum absolute atomic E-state index is 12.8. The van der Waals surface area contributed by atoms with E-state index in [4.69, 9.17) is 10.5 Å². The predicted molar refractivity (Wildman–Crippen MR) is 117 cm³/mol. The summed E-state index contributed by atoms with van der Waals surface area (Å²) in [5.74, 6) is -1.38. The Hall–Kier alpha value is -2.87. The maximum Gasteiger partial charge on any atom is 0.408 e. The number of alkyl carbamates (subject to hydrolysis) is 1. The molecule has 8 heteroatoms. The number of halogens is 1. The monoisotopic (exact) mass is 475 g/mol. The number of primary amides is 1. The second-order valence-electron chi connectivity index (χ2n) is 7.22. The van der Waals surface area contributed by atoms with Crippen LogP contribution in [0.25, 0.3) is 0 Å². The predicted octanol–water partition coefficient (Wildman–Crippen LogP) is 2.91. The number of carbonyl (C=O) groups excluding carboxylic acids is 3. The maximum atomic E-state index is 12.8. The molecule has 3 amide bonds. The van der Waals surface area contributed by atoms with Gasteiger partial charge in [-0.3, -0.25) is 9.59 Å². The average Bonchev–Trinajstić information content (AvgIpc) is 2.71. The van der Waals surface area contributed by atoms with Gasteiger partial charge in [-0.1, -0.05) is 72.2 Å². The normalized spacial score (nSPS) is 12.7. The topological polar surface area (TPSA) is 111 Å². The lowest BCUT2D eigenvalue weighted by molar-refractivity contribution is -0.129. The Kier molecular flexibility index (Phi) is 8.86. The van der Waals surface area contributed by atoms with Crippen LogP contribution in [0.15, 0.2) is 59.1 Å². The van der Waals surface area contributed by atoms with Crippen LogP contribution in [-0.4, -0.2) is 30.0 Å². The van der Waals surface area contributed by atoms with Gasteiger partial charge < -0.3 is 21.1 Å². The molecule has 0 unspecified atom stereocenters. The van der Waals surface area contributed by atoms with Crippen LogP contribution in [0.3, 0.4) is 0 Å². The van der Waals surface area contributed by atoms with Gasteiger partial charge in [-0.25, -0.2) is 4.79 Å². The zero-order chi connectivity index (χ0) is 22.1. The van der Waals surface area contributed by atoms with Crippen molar-refractivity contribution >= 4 is 33.8 Å². The van der Waals surface area contributed by atoms with Crippen LogP contribution in [-0.2, 0) is 27.4 Å². The molecular weight excluding hydrogens is 450 g/mol. The first-order chi connectivity index (χ1) is 14.3. The van der Waals surface area contributed by atoms with Gasteiger partial charge in [0.05, 0.1) is 0 Å². The molecule has 160 valence electrons. The largest absolute Gasteiger partial charge is 0.445 e. The van der Waals surface area contributed by atoms with Crippen molar-refractivity contribution in [2.45, 2.75) is 39.0 Å². The van der Waals surface area contributed by atoms with Crippen LogP contribution >= 0.6 is 15.9 Å². The molecule has 2 rings (SSSR count). The van der Waals surface area contributed by atoms with Crippen LogP contribution in [0, 0.1) is 5.92 Å². The first-order valence-electron chi connectivity index (χ1n) is 9.57. The molecule has 0 saturated heterocycles. The van der Waals surface area contributed by atoms with Crippen LogP contribution in [0.2, 0.25) is 0 Å². The fraction of sp³-hybridized carbons (Fsp3) is 0.318. The Bertz CT molecular complexity index is 856. The summed E-state index contributed by atoms with van der Waals surface area (Å²) in [4.78, 5) is 36.8. The van der Waals surface area contributed by atoms with Crippen LogP contribution in [0.1, 0.15) is 25.0 Å². The highest BCUT2D eigenvalue weighted by Gasteiger charge is 2.28. The molecular formula is C22H26BrN3O4. The number of hydrogen-bond acceptors (Lipinski definition) is 4. The van der Waals surface area contributed by atoms with E-state index in [0.717, 1.165) is 15.6 Å². The molecule has 0 bridgehead atoms. The van der Waals surface area contributed by atoms with E-state index in [1.54, 1.807) is 13.8 Å². The zero-order valence-corrected chi connectivity index (χ0v) is 18.5. The summed E-state index contributed by atoms with van der Waals surface area (Å²) in [5, 5.41) is 5.22. The molecule has 2 atom stereocenters. The number of hydrogen-bond donors (Lipinski definition) is 3. The number of nitrogens with one attached hydrogen (secondary N) is 2. The van der Waals surface area contributed by atoms with Crippen molar-refractivity contribution in [2.24, 2.45) is 11.7 Å². The van der Waals surface area contributed by atoms with Crippen molar-refractivity contribution in [3.8, 4) is 0 Å². The first-order valence-corrected chi connectivity index (χ1v) is 10.4. The highest BCUT2D eigenvalue weighted by Crippen LogP contribution is 2.12. The Labute approximate surface area is 184 Å². The highest BCUT2D eigenvalue weighted by atomic mass is 79.9. The zero-order valence-electron chi connectivity index (χ0n) is 16.9. The van der Waals surface area contributed by atoms with E-state index < -0.39 is 30.0 Å². The average molecular weight is 476 g/mol. The lowest BCUT2D eigenvalue weighted by Crippen LogP contribution is -2.55. The van der Waals surface area contributed by atoms with Gasteiger partial charge >= 0.3 is 6.09 Å². The van der Waals surface area contributed by atoms with Gasteiger partial charge in [0.15, 0.2) is 0 Å². The fourth-order valence-corrected chi connectivity index (χ4v) is 3.03. The molecule has 30 heavy (non-hydrogen) atoms. The fourth-order valence-electron chi connectivity index (χ4n) is 2.77. The second kappa shape index (κ2) is 11.3. The van der Waals surface area contributed by atoms with Gasteiger partial charge in [-0.2, -0.15) is 0 Å². The number of benzene rings is 2. The third kappa shape index (κ3) is 7.51. The number of amides is 3. The van der Waals surface area contributed by atoms with Crippen molar-refractivity contribution in [1.82, 2.24) is 10.6 Å². The summed E-state index contributed by atoms with van der Waals surface area (Å²) in [6.45, 7) is 3.66. The minimum atomic E-state index is -0.901. The molecule has 2 aromatic rings. The van der Waals surface area contributed by atoms with E-state index in [0.29, 0.717) is 0 Å². The van der Waals surface area contributed by atoms with E-state index in [1.165, 1.54) is 0 Å². The summed E-state index contributed by atoms with van der Waals surface area (Å²) < 4.78 is 6.10. The van der Waals surface area contributed by atoms with Crippen molar-refractivity contribution in [3.05, 3.63) is 70.2 Å². The van der Waals surface area contributed by atoms with Gasteiger partial charge in [-0.15, -0.1) is 0 Å². The van der Waals surface area contributed by atoms with Crippen molar-refractivity contribution in [2.75, 3.05) is 0 Å². The SMILES string of the molecule is CC(C)[C@@H](NC(=O)OCc1ccccc1)C(=O)N[C@@H](Cc1ccc(Br)cc1)C(N)=O. The van der Waals surface area contributed by atoms with Crippen molar-refractivity contribution in [3.63, 3.8) is 0 Å². The van der Waals surface area contributed by atoms with Gasteiger partial charge in [0.1, 0.15) is 18.7 Å². The Morgan fingerprint density at radius 3 is 2.17 bits per heavy atom. The Morgan fingerprint density at radius 1 is 0.967 bits per heavy atom. The van der Waals surface area contributed by atoms with E-state index in [-0.39, 0.29) is 18.9 Å². The summed E-state index contributed by atoms with van der Waals surface area (Å²) >= 11 is 3.35. The third-order valence-electron chi connectivity index (χ3n) is 4.45. The van der Waals surface area contributed by atoms with Crippen LogP contribution < -0.4 is 16.4 Å². The smallest absolute Gasteiger partial charge is 0.408 e. The highest BCUT2D eigenvalue weighted by molar-refractivity contribution is 9.10. The van der Waals surface area contributed by atoms with Crippen molar-refractivity contribution in [1.29, 1.82) is 0 Å². The lowest BCUT2D eigenvalue weighted by Gasteiger charge is -2.24. The van der Waals surface area contributed by atoms with Crippen LogP contribution in [0.5, 0.6) is 0 Å². The molecule has 0 fully saturated rings. The number of carbonyl (C=O) groups is 3. The van der Waals surface area contributed by atoms with E-state index in [9.17, 15) is 14.4 Å². The minimum absolute atomic E-state index is 0.0899. The molecule has 0 spiro atoms. The number of rotatable bonds is 9. The van der Waals surface area contributed by atoms with E-state index >= 15 is 0 Å². The summed E-state index contributed by atoms with van der Waals surface area (Å²) in [7, 11) is 0. The summed E-state index contributed by atoms with van der Waals surface area (Å²) in [5.41, 5.74) is 7.16. The Balaban J connectivity index is 1.97. The number of ether oxygens (including phenoxy) is 1. The van der Waals surface area contributed by atoms with E-state index in [1.807, 2.05) is 54.6 Å². The molecule has 0 aliphatic heterocycles. The lowest BCUT2D eigenvalue weighted by atomic mass is 10.0. The minimum Gasteiger partial charge on any atom is -0.445 e. The second-order valence-corrected chi connectivity index (χ2v) is 8.14. The van der Waals surface area contributed by atoms with Gasteiger partial charge in [0.25, 0.3) is 0 Å². The molecule has 7 nitrogen and oxygen atoms in total. The molecule has 0 aromatic heterocycles. The third-order valence-corrected chi connectivity index (χ3v) is 4.98. The van der Waals surface area contributed by atoms with Crippen LogP contribution in [0.4, 0.5) is 4.79 Å². The van der Waals surface area contributed by atoms with Gasteiger partial charge in [-0.05, 0) is 29.2 Å². The van der Waals surface area contributed by atoms with Crippen molar-refractivity contribution < 1.29 is 19.1 Å². The summed E-state index contributed by atoms with van der Waals surface area (Å²) in [6, 6.07) is 14.8. The summed E-state index contributed by atoms with van der Waals surface area (Å²) in [6.07, 6.45) is -0.464. The standard InChI is InChI=1S/C22H26BrN3O4/c1-14(2)19(26-22(29)30-13-16-6-4-3-5-7-16)21(28)25-18(20(24)27)12-15-8-10-17(23)11-9-15/h3-11,14,18-19H,12-13H2,1-2H3,(H2,24,27)(H,25,28)(H,26,29)/t18-,19+/m0/s1. The molecule has 0 aliphatic carbocycles. The molecule has 0 aliphatic rings. The molecule has 2 aromatic carbocycles. The van der Waals surface area contributed by atoms with Gasteiger partial charge in [0, 0.05) is 10.9 Å². The quantitative estimate of drug-likeness (QED) is 0.517. The van der Waals surface area contributed by atoms with E-state index in [2.05, 4.69) is 26.6 Å². The molecule has 4 N–H and O–H groups in total. The molecule has 0 radical (unpaired) electrons.